The minimum atomic E-state index is 0.753. The number of rotatable bonds is 5. The summed E-state index contributed by atoms with van der Waals surface area (Å²) in [5.74, 6) is 0. The lowest BCUT2D eigenvalue weighted by atomic mass is 10.1. The van der Waals surface area contributed by atoms with Gasteiger partial charge in [0.1, 0.15) is 0 Å². The van der Waals surface area contributed by atoms with E-state index in [0.717, 1.165) is 55.6 Å². The number of thiazole rings is 1. The number of piperazine rings is 1. The van der Waals surface area contributed by atoms with Gasteiger partial charge >= 0.3 is 0 Å². The van der Waals surface area contributed by atoms with Crippen molar-refractivity contribution in [3.8, 4) is 0 Å². The van der Waals surface area contributed by atoms with E-state index in [1.807, 2.05) is 41.9 Å². The Kier molecular flexibility index (Phi) is 5.03. The number of anilines is 1. The standard InChI is InChI=1S/C16H20N4OS/c21-18-15(14-4-2-1-3-5-14)6-8-19-9-11-20(12-10-19)16-17-7-13-22-16/h1-5,7,13,21H,6,8-12H2/b18-15-. The summed E-state index contributed by atoms with van der Waals surface area (Å²) >= 11 is 1.69. The number of benzene rings is 1. The minimum absolute atomic E-state index is 0.753. The second-order valence-electron chi connectivity index (χ2n) is 5.31. The van der Waals surface area contributed by atoms with Gasteiger partial charge in [-0.15, -0.1) is 11.3 Å². The Labute approximate surface area is 134 Å². The molecular weight excluding hydrogens is 296 g/mol. The van der Waals surface area contributed by atoms with Crippen LogP contribution in [0, 0.1) is 0 Å². The molecule has 1 aromatic heterocycles. The van der Waals surface area contributed by atoms with E-state index in [9.17, 15) is 5.21 Å². The van der Waals surface area contributed by atoms with Crippen LogP contribution in [-0.4, -0.2) is 53.5 Å². The van der Waals surface area contributed by atoms with Crippen molar-refractivity contribution in [2.24, 2.45) is 5.16 Å². The van der Waals surface area contributed by atoms with Crippen molar-refractivity contribution in [1.82, 2.24) is 9.88 Å². The second-order valence-corrected chi connectivity index (χ2v) is 6.18. The van der Waals surface area contributed by atoms with Crippen LogP contribution in [0.25, 0.3) is 0 Å². The largest absolute Gasteiger partial charge is 0.411 e. The van der Waals surface area contributed by atoms with Crippen LogP contribution < -0.4 is 4.90 Å². The Balaban J connectivity index is 1.49. The molecule has 1 N–H and O–H groups in total. The number of hydrogen-bond acceptors (Lipinski definition) is 6. The predicted molar refractivity (Wildman–Crippen MR) is 90.1 cm³/mol. The Morgan fingerprint density at radius 3 is 2.59 bits per heavy atom. The molecule has 0 radical (unpaired) electrons. The van der Waals surface area contributed by atoms with Gasteiger partial charge in [-0.25, -0.2) is 4.98 Å². The molecule has 22 heavy (non-hydrogen) atoms. The van der Waals surface area contributed by atoms with Crippen LogP contribution in [0.5, 0.6) is 0 Å². The van der Waals surface area contributed by atoms with Crippen molar-refractivity contribution >= 4 is 22.2 Å². The Morgan fingerprint density at radius 1 is 1.18 bits per heavy atom. The average molecular weight is 316 g/mol. The zero-order chi connectivity index (χ0) is 15.2. The lowest BCUT2D eigenvalue weighted by molar-refractivity contribution is 0.262. The van der Waals surface area contributed by atoms with Crippen molar-refractivity contribution in [1.29, 1.82) is 0 Å². The topological polar surface area (TPSA) is 52.0 Å². The number of aromatic nitrogens is 1. The lowest BCUT2D eigenvalue weighted by Crippen LogP contribution is -2.46. The number of oxime groups is 1. The molecule has 0 amide bonds. The molecule has 2 heterocycles. The van der Waals surface area contributed by atoms with Gasteiger partial charge in [0.15, 0.2) is 5.13 Å². The van der Waals surface area contributed by atoms with Crippen LogP contribution in [0.4, 0.5) is 5.13 Å². The first-order valence-corrected chi connectivity index (χ1v) is 8.38. The third-order valence-electron chi connectivity index (χ3n) is 3.95. The molecule has 1 saturated heterocycles. The quantitative estimate of drug-likeness (QED) is 0.523. The van der Waals surface area contributed by atoms with Gasteiger partial charge in [0, 0.05) is 50.7 Å². The molecule has 1 aromatic carbocycles. The summed E-state index contributed by atoms with van der Waals surface area (Å²) in [5.41, 5.74) is 1.74. The van der Waals surface area contributed by atoms with Gasteiger partial charge in [0.05, 0.1) is 5.71 Å². The van der Waals surface area contributed by atoms with Crippen LogP contribution in [-0.2, 0) is 0 Å². The fraction of sp³-hybridized carbons (Fsp3) is 0.375. The maximum atomic E-state index is 9.23. The predicted octanol–water partition coefficient (Wildman–Crippen LogP) is 2.53. The molecule has 1 aliphatic heterocycles. The molecule has 3 rings (SSSR count). The molecule has 0 aliphatic carbocycles. The highest BCUT2D eigenvalue weighted by molar-refractivity contribution is 7.13. The van der Waals surface area contributed by atoms with E-state index < -0.39 is 0 Å². The van der Waals surface area contributed by atoms with E-state index in [2.05, 4.69) is 19.9 Å². The van der Waals surface area contributed by atoms with Gasteiger partial charge < -0.3 is 10.1 Å². The van der Waals surface area contributed by atoms with Crippen LogP contribution >= 0.6 is 11.3 Å². The van der Waals surface area contributed by atoms with E-state index >= 15 is 0 Å². The molecule has 0 unspecified atom stereocenters. The van der Waals surface area contributed by atoms with Crippen molar-refractivity contribution in [2.75, 3.05) is 37.6 Å². The summed E-state index contributed by atoms with van der Waals surface area (Å²) in [6, 6.07) is 9.86. The molecule has 1 aliphatic rings. The van der Waals surface area contributed by atoms with Crippen molar-refractivity contribution in [3.05, 3.63) is 47.5 Å². The molecule has 0 bridgehead atoms. The first kappa shape index (κ1) is 15.0. The van der Waals surface area contributed by atoms with E-state index in [-0.39, 0.29) is 0 Å². The SMILES string of the molecule is O/N=C(/CCN1CCN(c2nccs2)CC1)c1ccccc1. The zero-order valence-electron chi connectivity index (χ0n) is 12.4. The highest BCUT2D eigenvalue weighted by Gasteiger charge is 2.19. The van der Waals surface area contributed by atoms with Crippen LogP contribution in [0.3, 0.4) is 0 Å². The lowest BCUT2D eigenvalue weighted by Gasteiger charge is -2.34. The zero-order valence-corrected chi connectivity index (χ0v) is 13.2. The molecular formula is C16H20N4OS. The molecule has 6 heteroatoms. The van der Waals surface area contributed by atoms with Crippen LogP contribution in [0.1, 0.15) is 12.0 Å². The summed E-state index contributed by atoms with van der Waals surface area (Å²) in [6.45, 7) is 4.97. The minimum Gasteiger partial charge on any atom is -0.411 e. The van der Waals surface area contributed by atoms with E-state index in [4.69, 9.17) is 0 Å². The maximum Gasteiger partial charge on any atom is 0.185 e. The number of hydrogen-bond donors (Lipinski definition) is 1. The fourth-order valence-corrected chi connectivity index (χ4v) is 3.38. The van der Waals surface area contributed by atoms with Gasteiger partial charge in [-0.2, -0.15) is 0 Å². The average Bonchev–Trinajstić information content (AvgIpc) is 3.11. The molecule has 2 aromatic rings. The molecule has 0 spiro atoms. The Hall–Kier alpha value is -1.92. The monoisotopic (exact) mass is 316 g/mol. The third kappa shape index (κ3) is 3.64. The molecule has 1 fully saturated rings. The van der Waals surface area contributed by atoms with Gasteiger partial charge in [-0.1, -0.05) is 35.5 Å². The molecule has 0 atom stereocenters. The summed E-state index contributed by atoms with van der Waals surface area (Å²) in [4.78, 5) is 9.11. The highest BCUT2D eigenvalue weighted by Crippen LogP contribution is 2.19. The molecule has 0 saturated carbocycles. The summed E-state index contributed by atoms with van der Waals surface area (Å²) in [5, 5.41) is 15.8. The van der Waals surface area contributed by atoms with E-state index in [1.54, 1.807) is 11.3 Å². The highest BCUT2D eigenvalue weighted by atomic mass is 32.1. The van der Waals surface area contributed by atoms with Gasteiger partial charge in [0.2, 0.25) is 0 Å². The van der Waals surface area contributed by atoms with E-state index in [1.165, 1.54) is 0 Å². The smallest absolute Gasteiger partial charge is 0.185 e. The van der Waals surface area contributed by atoms with Crippen LogP contribution in [0.2, 0.25) is 0 Å². The molecule has 5 nitrogen and oxygen atoms in total. The van der Waals surface area contributed by atoms with Crippen molar-refractivity contribution in [2.45, 2.75) is 6.42 Å². The van der Waals surface area contributed by atoms with Gasteiger partial charge in [-0.3, -0.25) is 4.90 Å². The summed E-state index contributed by atoms with van der Waals surface area (Å²) in [6.07, 6.45) is 2.62. The second kappa shape index (κ2) is 7.38. The maximum absolute atomic E-state index is 9.23. The first-order chi connectivity index (χ1) is 10.9. The van der Waals surface area contributed by atoms with Crippen molar-refractivity contribution in [3.63, 3.8) is 0 Å². The number of nitrogens with zero attached hydrogens (tertiary/aromatic N) is 4. The third-order valence-corrected chi connectivity index (χ3v) is 4.79. The Bertz CT molecular complexity index is 592. The normalized spacial score (nSPS) is 16.9. The van der Waals surface area contributed by atoms with Gasteiger partial charge in [0.25, 0.3) is 0 Å². The van der Waals surface area contributed by atoms with E-state index in [0.29, 0.717) is 0 Å². The summed E-state index contributed by atoms with van der Waals surface area (Å²) < 4.78 is 0. The summed E-state index contributed by atoms with van der Waals surface area (Å²) in [7, 11) is 0. The Morgan fingerprint density at radius 2 is 1.95 bits per heavy atom. The fourth-order valence-electron chi connectivity index (χ4n) is 2.68. The van der Waals surface area contributed by atoms with Crippen LogP contribution in [0.15, 0.2) is 47.1 Å². The van der Waals surface area contributed by atoms with Gasteiger partial charge in [-0.05, 0) is 5.56 Å². The van der Waals surface area contributed by atoms with Crippen molar-refractivity contribution < 1.29 is 5.21 Å². The first-order valence-electron chi connectivity index (χ1n) is 7.50. The molecule has 116 valence electrons.